The predicted octanol–water partition coefficient (Wildman–Crippen LogP) is 4.64. The molecule has 0 bridgehead atoms. The monoisotopic (exact) mass is 290 g/mol. The smallest absolute Gasteiger partial charge is 0.348 e. The molecule has 1 N–H and O–H groups in total. The molecular weight excluding hydrogens is 264 g/mol. The maximum absolute atomic E-state index is 11.9. The van der Waals surface area contributed by atoms with Crippen molar-refractivity contribution in [1.82, 2.24) is 0 Å². The molecule has 0 aliphatic heterocycles. The Hall–Kier alpha value is -1.51. The van der Waals surface area contributed by atoms with Crippen LogP contribution in [0.3, 0.4) is 0 Å². The zero-order valence-electron chi connectivity index (χ0n) is 13.2. The molecule has 1 fully saturated rings. The molecular formula is C18H26O3. The summed E-state index contributed by atoms with van der Waals surface area (Å²) in [5.41, 5.74) is 1.12. The number of hydrogen-bond acceptors (Lipinski definition) is 2. The van der Waals surface area contributed by atoms with Crippen LogP contribution in [0.5, 0.6) is 5.75 Å². The van der Waals surface area contributed by atoms with Gasteiger partial charge in [0.25, 0.3) is 0 Å². The quantitative estimate of drug-likeness (QED) is 0.882. The van der Waals surface area contributed by atoms with Gasteiger partial charge in [-0.1, -0.05) is 37.8 Å². The fraction of sp³-hybridized carbons (Fsp3) is 0.611. The van der Waals surface area contributed by atoms with Crippen molar-refractivity contribution < 1.29 is 14.6 Å². The number of carboxylic acids is 1. The highest BCUT2D eigenvalue weighted by Crippen LogP contribution is 2.33. The summed E-state index contributed by atoms with van der Waals surface area (Å²) in [5, 5.41) is 9.79. The number of aryl methyl sites for hydroxylation is 1. The number of hydrogen-bond donors (Lipinski definition) is 1. The molecule has 1 aliphatic rings. The minimum Gasteiger partial charge on any atom is -0.478 e. The number of benzene rings is 1. The molecule has 3 heteroatoms. The average Bonchev–Trinajstić information content (AvgIpc) is 2.57. The van der Waals surface area contributed by atoms with E-state index in [-0.39, 0.29) is 0 Å². The molecule has 1 aromatic carbocycles. The number of aliphatic carboxylic acids is 1. The SMILES string of the molecule is Cc1cccc(OC2(C(=O)O)CCCCCCCC2)c1C. The predicted molar refractivity (Wildman–Crippen MR) is 83.8 cm³/mol. The third kappa shape index (κ3) is 3.78. The maximum atomic E-state index is 11.9. The second kappa shape index (κ2) is 6.97. The minimum atomic E-state index is -1.05. The highest BCUT2D eigenvalue weighted by Gasteiger charge is 2.40. The second-order valence-electron chi connectivity index (χ2n) is 6.22. The van der Waals surface area contributed by atoms with Gasteiger partial charge in [-0.2, -0.15) is 0 Å². The molecule has 0 unspecified atom stereocenters. The van der Waals surface area contributed by atoms with Gasteiger partial charge in [0.1, 0.15) is 5.75 Å². The second-order valence-corrected chi connectivity index (χ2v) is 6.22. The lowest BCUT2D eigenvalue weighted by molar-refractivity contribution is -0.157. The van der Waals surface area contributed by atoms with Crippen LogP contribution in [-0.2, 0) is 4.79 Å². The van der Waals surface area contributed by atoms with E-state index in [0.29, 0.717) is 12.8 Å². The van der Waals surface area contributed by atoms with Crippen molar-refractivity contribution in [1.29, 1.82) is 0 Å². The molecule has 1 saturated carbocycles. The highest BCUT2D eigenvalue weighted by atomic mass is 16.5. The van der Waals surface area contributed by atoms with Crippen molar-refractivity contribution in [2.24, 2.45) is 0 Å². The fourth-order valence-corrected chi connectivity index (χ4v) is 3.06. The standard InChI is InChI=1S/C18H26O3/c1-14-10-9-11-16(15(14)2)21-18(17(19)20)12-7-5-3-4-6-8-13-18/h9-11H,3-8,12-13H2,1-2H3,(H,19,20). The van der Waals surface area contributed by atoms with Gasteiger partial charge in [-0.15, -0.1) is 0 Å². The van der Waals surface area contributed by atoms with Gasteiger partial charge in [-0.3, -0.25) is 0 Å². The van der Waals surface area contributed by atoms with Crippen LogP contribution < -0.4 is 4.74 Å². The van der Waals surface area contributed by atoms with E-state index in [0.717, 1.165) is 42.6 Å². The molecule has 0 radical (unpaired) electrons. The Balaban J connectivity index is 2.27. The molecule has 1 aromatic rings. The first-order valence-electron chi connectivity index (χ1n) is 8.04. The van der Waals surface area contributed by atoms with E-state index in [9.17, 15) is 9.90 Å². The van der Waals surface area contributed by atoms with Gasteiger partial charge < -0.3 is 9.84 Å². The maximum Gasteiger partial charge on any atom is 0.348 e. The molecule has 0 aromatic heterocycles. The first-order valence-corrected chi connectivity index (χ1v) is 8.04. The van der Waals surface area contributed by atoms with Gasteiger partial charge in [0.05, 0.1) is 0 Å². The van der Waals surface area contributed by atoms with E-state index >= 15 is 0 Å². The van der Waals surface area contributed by atoms with E-state index in [2.05, 4.69) is 0 Å². The van der Waals surface area contributed by atoms with Gasteiger partial charge >= 0.3 is 5.97 Å². The number of rotatable bonds is 3. The molecule has 3 nitrogen and oxygen atoms in total. The molecule has 0 spiro atoms. The molecule has 0 heterocycles. The van der Waals surface area contributed by atoms with Crippen LogP contribution in [0.4, 0.5) is 0 Å². The van der Waals surface area contributed by atoms with Crippen molar-refractivity contribution in [3.63, 3.8) is 0 Å². The van der Waals surface area contributed by atoms with Crippen molar-refractivity contribution in [2.75, 3.05) is 0 Å². The molecule has 2 rings (SSSR count). The largest absolute Gasteiger partial charge is 0.478 e. The van der Waals surface area contributed by atoms with Crippen LogP contribution in [-0.4, -0.2) is 16.7 Å². The van der Waals surface area contributed by atoms with Crippen LogP contribution in [0.2, 0.25) is 0 Å². The Morgan fingerprint density at radius 2 is 1.62 bits per heavy atom. The Bertz CT molecular complexity index is 483. The number of carboxylic acid groups (broad SMARTS) is 1. The number of carbonyl (C=O) groups is 1. The van der Waals surface area contributed by atoms with E-state index in [4.69, 9.17) is 4.74 Å². The third-order valence-corrected chi connectivity index (χ3v) is 4.66. The third-order valence-electron chi connectivity index (χ3n) is 4.66. The summed E-state index contributed by atoms with van der Waals surface area (Å²) in [5.74, 6) is -0.0954. The summed E-state index contributed by atoms with van der Waals surface area (Å²) < 4.78 is 6.11. The van der Waals surface area contributed by atoms with Crippen molar-refractivity contribution >= 4 is 5.97 Å². The molecule has 1 aliphatic carbocycles. The van der Waals surface area contributed by atoms with E-state index < -0.39 is 11.6 Å². The summed E-state index contributed by atoms with van der Waals surface area (Å²) >= 11 is 0. The van der Waals surface area contributed by atoms with Crippen LogP contribution in [0.25, 0.3) is 0 Å². The van der Waals surface area contributed by atoms with Crippen LogP contribution in [0, 0.1) is 13.8 Å². The lowest BCUT2D eigenvalue weighted by atomic mass is 9.91. The fourth-order valence-electron chi connectivity index (χ4n) is 3.06. The number of ether oxygens (including phenoxy) is 1. The van der Waals surface area contributed by atoms with Crippen LogP contribution >= 0.6 is 0 Å². The lowest BCUT2D eigenvalue weighted by Gasteiger charge is -2.31. The summed E-state index contributed by atoms with van der Waals surface area (Å²) in [4.78, 5) is 11.9. The average molecular weight is 290 g/mol. The summed E-state index contributed by atoms with van der Waals surface area (Å²) in [6.07, 6.45) is 7.69. The van der Waals surface area contributed by atoms with E-state index in [1.807, 2.05) is 32.0 Å². The first kappa shape index (κ1) is 15.9. The zero-order chi connectivity index (χ0) is 15.3. The van der Waals surface area contributed by atoms with Gasteiger partial charge in [-0.05, 0) is 56.7 Å². The van der Waals surface area contributed by atoms with Gasteiger partial charge in [0, 0.05) is 0 Å². The zero-order valence-corrected chi connectivity index (χ0v) is 13.2. The first-order chi connectivity index (χ1) is 10.1. The highest BCUT2D eigenvalue weighted by molar-refractivity contribution is 5.78. The summed E-state index contributed by atoms with van der Waals surface area (Å²) in [6.45, 7) is 4.02. The topological polar surface area (TPSA) is 46.5 Å². The Labute approximate surface area is 127 Å². The van der Waals surface area contributed by atoms with Crippen LogP contribution in [0.1, 0.15) is 62.5 Å². The van der Waals surface area contributed by atoms with Crippen molar-refractivity contribution in [2.45, 2.75) is 70.8 Å². The Kier molecular flexibility index (Phi) is 5.27. The summed E-state index contributed by atoms with van der Waals surface area (Å²) in [6, 6.07) is 5.85. The van der Waals surface area contributed by atoms with Crippen molar-refractivity contribution in [3.05, 3.63) is 29.3 Å². The molecule has 21 heavy (non-hydrogen) atoms. The van der Waals surface area contributed by atoms with E-state index in [1.165, 1.54) is 12.8 Å². The van der Waals surface area contributed by atoms with Gasteiger partial charge in [0.15, 0.2) is 0 Å². The lowest BCUT2D eigenvalue weighted by Crippen LogP contribution is -2.44. The Morgan fingerprint density at radius 3 is 2.19 bits per heavy atom. The van der Waals surface area contributed by atoms with Crippen molar-refractivity contribution in [3.8, 4) is 5.75 Å². The normalized spacial score (nSPS) is 19.1. The van der Waals surface area contributed by atoms with E-state index in [1.54, 1.807) is 0 Å². The molecule has 0 atom stereocenters. The van der Waals surface area contributed by atoms with Gasteiger partial charge in [0.2, 0.25) is 5.60 Å². The summed E-state index contributed by atoms with van der Waals surface area (Å²) in [7, 11) is 0. The molecule has 0 saturated heterocycles. The molecule has 0 amide bonds. The van der Waals surface area contributed by atoms with Gasteiger partial charge in [-0.25, -0.2) is 4.79 Å². The molecule has 116 valence electrons. The van der Waals surface area contributed by atoms with Crippen LogP contribution in [0.15, 0.2) is 18.2 Å². The Morgan fingerprint density at radius 1 is 1.05 bits per heavy atom. The minimum absolute atomic E-state index is 0.607.